The molecule has 1 amide bonds. The SMILES string of the molecule is C#CC1CC(=O)N(CCc2ccc(C(C)(C)C)cc2)C1. The first-order valence-electron chi connectivity index (χ1n) is 7.23. The number of benzene rings is 1. The minimum Gasteiger partial charge on any atom is -0.341 e. The van der Waals surface area contributed by atoms with Gasteiger partial charge in [0.25, 0.3) is 0 Å². The highest BCUT2D eigenvalue weighted by Gasteiger charge is 2.27. The van der Waals surface area contributed by atoms with Gasteiger partial charge in [0.15, 0.2) is 0 Å². The summed E-state index contributed by atoms with van der Waals surface area (Å²) in [6, 6.07) is 8.70. The number of hydrogen-bond acceptors (Lipinski definition) is 1. The second-order valence-electron chi connectivity index (χ2n) is 6.60. The third-order valence-electron chi connectivity index (χ3n) is 3.94. The van der Waals surface area contributed by atoms with Gasteiger partial charge in [0.05, 0.1) is 0 Å². The standard InChI is InChI=1S/C18H23NO/c1-5-14-12-17(20)19(13-14)11-10-15-6-8-16(9-7-15)18(2,3)4/h1,6-9,14H,10-13H2,2-4H3. The van der Waals surface area contributed by atoms with Crippen molar-refractivity contribution in [2.75, 3.05) is 13.1 Å². The summed E-state index contributed by atoms with van der Waals surface area (Å²) in [5.41, 5.74) is 2.80. The number of amides is 1. The zero-order valence-corrected chi connectivity index (χ0v) is 12.6. The van der Waals surface area contributed by atoms with Gasteiger partial charge in [0.2, 0.25) is 5.91 Å². The van der Waals surface area contributed by atoms with Crippen LogP contribution in [0.2, 0.25) is 0 Å². The Labute approximate surface area is 122 Å². The zero-order chi connectivity index (χ0) is 14.8. The lowest BCUT2D eigenvalue weighted by Crippen LogP contribution is -2.27. The van der Waals surface area contributed by atoms with Crippen LogP contribution < -0.4 is 0 Å². The quantitative estimate of drug-likeness (QED) is 0.772. The maximum absolute atomic E-state index is 11.8. The Morgan fingerprint density at radius 1 is 1.30 bits per heavy atom. The van der Waals surface area contributed by atoms with Crippen LogP contribution in [0.4, 0.5) is 0 Å². The molecule has 0 N–H and O–H groups in total. The summed E-state index contributed by atoms with van der Waals surface area (Å²) in [6.45, 7) is 8.13. The molecule has 0 bridgehead atoms. The minimum absolute atomic E-state index is 0.103. The Morgan fingerprint density at radius 3 is 2.45 bits per heavy atom. The fourth-order valence-electron chi connectivity index (χ4n) is 2.54. The van der Waals surface area contributed by atoms with Gasteiger partial charge in [-0.3, -0.25) is 4.79 Å². The van der Waals surface area contributed by atoms with Gasteiger partial charge in [-0.1, -0.05) is 45.0 Å². The molecule has 1 aliphatic heterocycles. The van der Waals surface area contributed by atoms with E-state index in [4.69, 9.17) is 6.42 Å². The fourth-order valence-corrected chi connectivity index (χ4v) is 2.54. The lowest BCUT2D eigenvalue weighted by atomic mass is 9.86. The molecule has 1 atom stereocenters. The van der Waals surface area contributed by atoms with Crippen molar-refractivity contribution in [2.45, 2.75) is 39.0 Å². The van der Waals surface area contributed by atoms with Gasteiger partial charge in [-0.15, -0.1) is 12.3 Å². The van der Waals surface area contributed by atoms with E-state index in [-0.39, 0.29) is 17.2 Å². The Kier molecular flexibility index (Phi) is 4.18. The predicted octanol–water partition coefficient (Wildman–Crippen LogP) is 3.01. The van der Waals surface area contributed by atoms with E-state index in [0.717, 1.165) is 19.5 Å². The maximum atomic E-state index is 11.8. The van der Waals surface area contributed by atoms with Gasteiger partial charge >= 0.3 is 0 Å². The third kappa shape index (κ3) is 3.42. The largest absolute Gasteiger partial charge is 0.341 e. The highest BCUT2D eigenvalue weighted by molar-refractivity contribution is 5.79. The van der Waals surface area contributed by atoms with Gasteiger partial charge in [-0.2, -0.15) is 0 Å². The van der Waals surface area contributed by atoms with Crippen LogP contribution in [0.5, 0.6) is 0 Å². The number of terminal acetylenes is 1. The normalized spacial score (nSPS) is 19.2. The van der Waals surface area contributed by atoms with Crippen molar-refractivity contribution in [3.63, 3.8) is 0 Å². The van der Waals surface area contributed by atoms with Crippen LogP contribution in [0.3, 0.4) is 0 Å². The molecule has 1 aromatic rings. The number of carbonyl (C=O) groups excluding carboxylic acids is 1. The molecule has 1 unspecified atom stereocenters. The van der Waals surface area contributed by atoms with Crippen molar-refractivity contribution < 1.29 is 4.79 Å². The van der Waals surface area contributed by atoms with E-state index in [0.29, 0.717) is 6.42 Å². The fraction of sp³-hybridized carbons (Fsp3) is 0.500. The predicted molar refractivity (Wildman–Crippen MR) is 82.4 cm³/mol. The van der Waals surface area contributed by atoms with Gasteiger partial charge in [0.1, 0.15) is 0 Å². The molecule has 2 rings (SSSR count). The van der Waals surface area contributed by atoms with Crippen LogP contribution in [0.25, 0.3) is 0 Å². The van der Waals surface area contributed by atoms with Gasteiger partial charge in [0, 0.05) is 25.4 Å². The average molecular weight is 269 g/mol. The lowest BCUT2D eigenvalue weighted by molar-refractivity contribution is -0.127. The molecular weight excluding hydrogens is 246 g/mol. The molecule has 0 saturated carbocycles. The van der Waals surface area contributed by atoms with Crippen molar-refractivity contribution in [3.8, 4) is 12.3 Å². The maximum Gasteiger partial charge on any atom is 0.223 e. The first kappa shape index (κ1) is 14.7. The number of rotatable bonds is 3. The summed E-state index contributed by atoms with van der Waals surface area (Å²) in [6.07, 6.45) is 6.80. The molecule has 106 valence electrons. The molecule has 0 aliphatic carbocycles. The van der Waals surface area contributed by atoms with Crippen molar-refractivity contribution in [1.82, 2.24) is 4.90 Å². The van der Waals surface area contributed by atoms with E-state index in [1.807, 2.05) is 4.90 Å². The van der Waals surface area contributed by atoms with E-state index < -0.39 is 0 Å². The Morgan fingerprint density at radius 2 is 1.95 bits per heavy atom. The molecule has 0 radical (unpaired) electrons. The number of likely N-dealkylation sites (tertiary alicyclic amines) is 1. The van der Waals surface area contributed by atoms with Crippen LogP contribution in [-0.4, -0.2) is 23.9 Å². The third-order valence-corrected chi connectivity index (χ3v) is 3.94. The zero-order valence-electron chi connectivity index (χ0n) is 12.6. The molecule has 2 heteroatoms. The molecule has 0 spiro atoms. The molecular formula is C18H23NO. The van der Waals surface area contributed by atoms with Crippen molar-refractivity contribution >= 4 is 5.91 Å². The molecule has 1 fully saturated rings. The highest BCUT2D eigenvalue weighted by atomic mass is 16.2. The van der Waals surface area contributed by atoms with Crippen LogP contribution in [-0.2, 0) is 16.6 Å². The molecule has 1 aromatic carbocycles. The van der Waals surface area contributed by atoms with E-state index >= 15 is 0 Å². The Balaban J connectivity index is 1.92. The summed E-state index contributed by atoms with van der Waals surface area (Å²) in [5.74, 6) is 2.98. The molecule has 0 aromatic heterocycles. The summed E-state index contributed by atoms with van der Waals surface area (Å²) in [4.78, 5) is 13.7. The van der Waals surface area contributed by atoms with Gasteiger partial charge in [-0.05, 0) is 23.0 Å². The molecule has 1 saturated heterocycles. The second kappa shape index (κ2) is 5.71. The van der Waals surface area contributed by atoms with Crippen molar-refractivity contribution in [2.24, 2.45) is 5.92 Å². The Bertz CT molecular complexity index is 516. The minimum atomic E-state index is 0.103. The number of hydrogen-bond donors (Lipinski definition) is 0. The van der Waals surface area contributed by atoms with Crippen molar-refractivity contribution in [1.29, 1.82) is 0 Å². The number of carbonyl (C=O) groups is 1. The van der Waals surface area contributed by atoms with Crippen LogP contribution in [0.15, 0.2) is 24.3 Å². The second-order valence-corrected chi connectivity index (χ2v) is 6.60. The molecule has 1 aliphatic rings. The smallest absolute Gasteiger partial charge is 0.223 e. The average Bonchev–Trinajstić information content (AvgIpc) is 2.76. The highest BCUT2D eigenvalue weighted by Crippen LogP contribution is 2.22. The summed E-state index contributed by atoms with van der Waals surface area (Å²) in [7, 11) is 0. The summed E-state index contributed by atoms with van der Waals surface area (Å²) >= 11 is 0. The van der Waals surface area contributed by atoms with E-state index in [2.05, 4.69) is 51.0 Å². The van der Waals surface area contributed by atoms with E-state index in [1.165, 1.54) is 11.1 Å². The number of nitrogens with zero attached hydrogens (tertiary/aromatic N) is 1. The van der Waals surface area contributed by atoms with Crippen molar-refractivity contribution in [3.05, 3.63) is 35.4 Å². The molecule has 2 nitrogen and oxygen atoms in total. The van der Waals surface area contributed by atoms with Crippen LogP contribution in [0, 0.1) is 18.3 Å². The van der Waals surface area contributed by atoms with E-state index in [1.54, 1.807) is 0 Å². The monoisotopic (exact) mass is 269 g/mol. The van der Waals surface area contributed by atoms with Gasteiger partial charge < -0.3 is 4.90 Å². The van der Waals surface area contributed by atoms with Gasteiger partial charge in [-0.25, -0.2) is 0 Å². The summed E-state index contributed by atoms with van der Waals surface area (Å²) < 4.78 is 0. The lowest BCUT2D eigenvalue weighted by Gasteiger charge is -2.20. The molecule has 20 heavy (non-hydrogen) atoms. The van der Waals surface area contributed by atoms with Crippen LogP contribution in [0.1, 0.15) is 38.3 Å². The Hall–Kier alpha value is -1.75. The first-order valence-corrected chi connectivity index (χ1v) is 7.23. The topological polar surface area (TPSA) is 20.3 Å². The van der Waals surface area contributed by atoms with E-state index in [9.17, 15) is 4.79 Å². The first-order chi connectivity index (χ1) is 9.40. The summed E-state index contributed by atoms with van der Waals surface area (Å²) in [5, 5.41) is 0. The molecule has 1 heterocycles. The van der Waals surface area contributed by atoms with Crippen LogP contribution >= 0.6 is 0 Å².